The van der Waals surface area contributed by atoms with E-state index < -0.39 is 0 Å². The minimum absolute atomic E-state index is 0.212. The van der Waals surface area contributed by atoms with Crippen molar-refractivity contribution in [3.05, 3.63) is 28.8 Å². The summed E-state index contributed by atoms with van der Waals surface area (Å²) in [6.07, 6.45) is 7.32. The highest BCUT2D eigenvalue weighted by Crippen LogP contribution is 2.31. The van der Waals surface area contributed by atoms with Crippen LogP contribution in [0.5, 0.6) is 5.75 Å². The van der Waals surface area contributed by atoms with Crippen molar-refractivity contribution in [2.45, 2.75) is 44.6 Å². The fraction of sp³-hybridized carbons (Fsp3) is 0.500. The minimum Gasteiger partial charge on any atom is -0.487 e. The highest BCUT2D eigenvalue weighted by Gasteiger charge is 2.17. The monoisotopic (exact) mass is 249 g/mol. The minimum atomic E-state index is 0.212. The molecule has 0 aromatic heterocycles. The number of hydrogen-bond acceptors (Lipinski definition) is 2. The largest absolute Gasteiger partial charge is 0.487 e. The summed E-state index contributed by atoms with van der Waals surface area (Å²) in [5.74, 6) is 0.559. The lowest BCUT2D eigenvalue weighted by molar-refractivity contribution is 0.183. The zero-order valence-electron chi connectivity index (χ0n) is 9.79. The molecule has 1 saturated carbocycles. The van der Waals surface area contributed by atoms with Crippen LogP contribution in [0.25, 0.3) is 0 Å². The van der Waals surface area contributed by atoms with Crippen LogP contribution in [0, 0.1) is 11.3 Å². The first-order chi connectivity index (χ1) is 8.31. The van der Waals surface area contributed by atoms with E-state index in [-0.39, 0.29) is 6.10 Å². The molecule has 0 atom stereocenters. The second-order valence-corrected chi connectivity index (χ2v) is 4.87. The quantitative estimate of drug-likeness (QED) is 0.732. The maximum Gasteiger partial charge on any atom is 0.156 e. The van der Waals surface area contributed by atoms with E-state index in [1.807, 2.05) is 0 Å². The Kier molecular flexibility index (Phi) is 4.28. The topological polar surface area (TPSA) is 33.0 Å². The van der Waals surface area contributed by atoms with Gasteiger partial charge in [-0.2, -0.15) is 5.26 Å². The van der Waals surface area contributed by atoms with Gasteiger partial charge in [0.25, 0.3) is 0 Å². The van der Waals surface area contributed by atoms with Gasteiger partial charge in [-0.15, -0.1) is 0 Å². The molecule has 0 unspecified atom stereocenters. The number of nitrogens with zero attached hydrogens (tertiary/aromatic N) is 1. The molecule has 17 heavy (non-hydrogen) atoms. The Hall–Kier alpha value is -1.20. The van der Waals surface area contributed by atoms with Crippen LogP contribution in [-0.4, -0.2) is 6.10 Å². The molecule has 0 bridgehead atoms. The Morgan fingerprint density at radius 3 is 2.53 bits per heavy atom. The third kappa shape index (κ3) is 3.14. The van der Waals surface area contributed by atoms with E-state index in [1.165, 1.54) is 25.7 Å². The van der Waals surface area contributed by atoms with Gasteiger partial charge < -0.3 is 4.74 Å². The number of ether oxygens (including phenoxy) is 1. The number of rotatable bonds is 2. The van der Waals surface area contributed by atoms with E-state index in [2.05, 4.69) is 6.07 Å². The van der Waals surface area contributed by atoms with Crippen LogP contribution in [-0.2, 0) is 0 Å². The summed E-state index contributed by atoms with van der Waals surface area (Å²) >= 11 is 6.09. The van der Waals surface area contributed by atoms with Crippen molar-refractivity contribution >= 4 is 11.6 Å². The van der Waals surface area contributed by atoms with Crippen molar-refractivity contribution in [2.75, 3.05) is 0 Å². The Bertz CT molecular complexity index is 417. The molecule has 2 nitrogen and oxygen atoms in total. The van der Waals surface area contributed by atoms with Gasteiger partial charge in [0, 0.05) is 0 Å². The molecule has 0 aliphatic heterocycles. The van der Waals surface area contributed by atoms with Gasteiger partial charge in [-0.3, -0.25) is 0 Å². The first-order valence-corrected chi connectivity index (χ1v) is 6.54. The Morgan fingerprint density at radius 1 is 1.18 bits per heavy atom. The summed E-state index contributed by atoms with van der Waals surface area (Å²) in [4.78, 5) is 0. The molecule has 1 aliphatic carbocycles. The number of para-hydroxylation sites is 1. The van der Waals surface area contributed by atoms with Crippen molar-refractivity contribution < 1.29 is 4.74 Å². The molecular formula is C14H16ClNO. The van der Waals surface area contributed by atoms with Crippen LogP contribution in [0.4, 0.5) is 0 Å². The van der Waals surface area contributed by atoms with E-state index in [9.17, 15) is 0 Å². The summed E-state index contributed by atoms with van der Waals surface area (Å²) in [5.41, 5.74) is 0.529. The van der Waals surface area contributed by atoms with Crippen LogP contribution in [0.15, 0.2) is 18.2 Å². The fourth-order valence-electron chi connectivity index (χ4n) is 2.24. The molecule has 0 radical (unpaired) electrons. The summed E-state index contributed by atoms with van der Waals surface area (Å²) in [7, 11) is 0. The summed E-state index contributed by atoms with van der Waals surface area (Å²) in [6.45, 7) is 0. The van der Waals surface area contributed by atoms with Crippen LogP contribution in [0.2, 0.25) is 5.02 Å². The van der Waals surface area contributed by atoms with Gasteiger partial charge in [0.1, 0.15) is 6.07 Å². The van der Waals surface area contributed by atoms with Gasteiger partial charge in [0.15, 0.2) is 5.75 Å². The maximum atomic E-state index is 9.04. The molecule has 0 amide bonds. The lowest BCUT2D eigenvalue weighted by atomic mass is 10.1. The molecule has 0 heterocycles. The number of nitriles is 1. The average molecular weight is 250 g/mol. The predicted molar refractivity (Wildman–Crippen MR) is 68.3 cm³/mol. The van der Waals surface area contributed by atoms with E-state index >= 15 is 0 Å². The third-order valence-corrected chi connectivity index (χ3v) is 3.47. The number of benzene rings is 1. The van der Waals surface area contributed by atoms with Crippen LogP contribution in [0.3, 0.4) is 0 Å². The lowest BCUT2D eigenvalue weighted by Gasteiger charge is -2.18. The SMILES string of the molecule is N#Cc1cccc(Cl)c1OC1CCCCCC1. The van der Waals surface area contributed by atoms with Crippen molar-refractivity contribution in [2.24, 2.45) is 0 Å². The number of hydrogen-bond donors (Lipinski definition) is 0. The fourth-order valence-corrected chi connectivity index (χ4v) is 2.46. The van der Waals surface area contributed by atoms with Crippen molar-refractivity contribution in [3.8, 4) is 11.8 Å². The zero-order valence-corrected chi connectivity index (χ0v) is 10.5. The second-order valence-electron chi connectivity index (χ2n) is 4.46. The van der Waals surface area contributed by atoms with E-state index in [1.54, 1.807) is 18.2 Å². The molecule has 1 fully saturated rings. The van der Waals surface area contributed by atoms with Gasteiger partial charge >= 0.3 is 0 Å². The standard InChI is InChI=1S/C14H16ClNO/c15-13-9-5-6-11(10-16)14(13)17-12-7-3-1-2-4-8-12/h5-6,9,12H,1-4,7-8H2. The molecule has 90 valence electrons. The smallest absolute Gasteiger partial charge is 0.156 e. The molecule has 0 spiro atoms. The van der Waals surface area contributed by atoms with E-state index in [0.717, 1.165) is 12.8 Å². The van der Waals surface area contributed by atoms with Crippen molar-refractivity contribution in [3.63, 3.8) is 0 Å². The summed E-state index contributed by atoms with van der Waals surface area (Å²) < 4.78 is 5.93. The van der Waals surface area contributed by atoms with Gasteiger partial charge in [0.05, 0.1) is 16.7 Å². The number of halogens is 1. The molecule has 1 aliphatic rings. The van der Waals surface area contributed by atoms with Gasteiger partial charge in [-0.05, 0) is 37.8 Å². The van der Waals surface area contributed by atoms with Gasteiger partial charge in [-0.1, -0.05) is 30.5 Å². The first-order valence-electron chi connectivity index (χ1n) is 6.16. The maximum absolute atomic E-state index is 9.04. The predicted octanol–water partition coefficient (Wildman–Crippen LogP) is 4.31. The van der Waals surface area contributed by atoms with Crippen LogP contribution in [0.1, 0.15) is 44.1 Å². The molecule has 1 aromatic rings. The van der Waals surface area contributed by atoms with Crippen molar-refractivity contribution in [1.82, 2.24) is 0 Å². The van der Waals surface area contributed by atoms with E-state index in [4.69, 9.17) is 21.6 Å². The third-order valence-electron chi connectivity index (χ3n) is 3.17. The second kappa shape index (κ2) is 5.93. The molecule has 1 aromatic carbocycles. The zero-order chi connectivity index (χ0) is 12.1. The Morgan fingerprint density at radius 2 is 1.88 bits per heavy atom. The highest BCUT2D eigenvalue weighted by atomic mass is 35.5. The average Bonchev–Trinajstić information content (AvgIpc) is 2.60. The lowest BCUT2D eigenvalue weighted by Crippen LogP contribution is -2.16. The molecule has 0 saturated heterocycles. The molecular weight excluding hydrogens is 234 g/mol. The normalized spacial score (nSPS) is 17.2. The van der Waals surface area contributed by atoms with Gasteiger partial charge in [-0.25, -0.2) is 0 Å². The van der Waals surface area contributed by atoms with E-state index in [0.29, 0.717) is 16.3 Å². The molecule has 2 rings (SSSR count). The van der Waals surface area contributed by atoms with Crippen LogP contribution >= 0.6 is 11.6 Å². The van der Waals surface area contributed by atoms with Crippen LogP contribution < -0.4 is 4.74 Å². The molecule has 0 N–H and O–H groups in total. The Labute approximate surface area is 107 Å². The highest BCUT2D eigenvalue weighted by molar-refractivity contribution is 6.32. The molecule has 3 heteroatoms. The summed E-state index contributed by atoms with van der Waals surface area (Å²) in [5, 5.41) is 9.57. The van der Waals surface area contributed by atoms with Crippen molar-refractivity contribution in [1.29, 1.82) is 5.26 Å². The van der Waals surface area contributed by atoms with Gasteiger partial charge in [0.2, 0.25) is 0 Å². The summed E-state index contributed by atoms with van der Waals surface area (Å²) in [6, 6.07) is 7.43. The Balaban J connectivity index is 2.14. The first kappa shape index (κ1) is 12.3.